The topological polar surface area (TPSA) is 77.7 Å². The maximum absolute atomic E-state index is 13.0. The molecule has 1 amide bonds. The zero-order valence-corrected chi connectivity index (χ0v) is 14.7. The van der Waals surface area contributed by atoms with Gasteiger partial charge in [0.2, 0.25) is 5.91 Å². The molecule has 2 aromatic rings. The van der Waals surface area contributed by atoms with E-state index in [4.69, 9.17) is 14.0 Å². The Bertz CT molecular complexity index is 719. The average Bonchev–Trinajstić information content (AvgIpc) is 3.29. The van der Waals surface area contributed by atoms with Crippen molar-refractivity contribution in [2.45, 2.75) is 12.8 Å². The van der Waals surface area contributed by atoms with E-state index in [2.05, 4.69) is 10.1 Å². The smallest absolute Gasteiger partial charge is 0.257 e. The van der Waals surface area contributed by atoms with Crippen molar-refractivity contribution in [3.8, 4) is 11.5 Å². The van der Waals surface area contributed by atoms with Crippen molar-refractivity contribution < 1.29 is 23.2 Å². The van der Waals surface area contributed by atoms with Gasteiger partial charge in [-0.15, -0.1) is 0 Å². The number of methoxy groups -OCH3 is 1. The Kier molecular flexibility index (Phi) is 6.30. The van der Waals surface area contributed by atoms with Gasteiger partial charge in [0.15, 0.2) is 5.82 Å². The minimum absolute atomic E-state index is 0.0104. The van der Waals surface area contributed by atoms with Crippen LogP contribution in [0.25, 0.3) is 11.5 Å². The number of likely N-dealkylation sites (tertiary alicyclic amines) is 1. The second-order valence-electron chi connectivity index (χ2n) is 6.27. The van der Waals surface area contributed by atoms with Crippen molar-refractivity contribution in [3.63, 3.8) is 0 Å². The van der Waals surface area contributed by atoms with E-state index in [1.54, 1.807) is 24.1 Å². The quantitative estimate of drug-likeness (QED) is 0.667. The molecule has 26 heavy (non-hydrogen) atoms. The summed E-state index contributed by atoms with van der Waals surface area (Å²) in [6, 6.07) is 5.92. The van der Waals surface area contributed by atoms with Crippen LogP contribution in [0.2, 0.25) is 0 Å². The maximum atomic E-state index is 13.0. The van der Waals surface area contributed by atoms with E-state index >= 15 is 0 Å². The highest BCUT2D eigenvalue weighted by molar-refractivity contribution is 5.77. The Hall–Kier alpha value is -2.32. The van der Waals surface area contributed by atoms with Crippen molar-refractivity contribution in [1.82, 2.24) is 15.0 Å². The van der Waals surface area contributed by atoms with Crippen molar-refractivity contribution in [2.24, 2.45) is 5.92 Å². The molecule has 1 aliphatic rings. The molecule has 1 aliphatic heterocycles. The van der Waals surface area contributed by atoms with Crippen molar-refractivity contribution in [1.29, 1.82) is 0 Å². The van der Waals surface area contributed by atoms with Crippen LogP contribution in [0.4, 0.5) is 4.39 Å². The summed E-state index contributed by atoms with van der Waals surface area (Å²) in [7, 11) is 1.59. The minimum Gasteiger partial charge on any atom is -0.382 e. The SMILES string of the molecule is COCCOCC(=O)N1CCC(Cc2noc(-c3ccc(F)cc3)n2)C1. The fourth-order valence-electron chi connectivity index (χ4n) is 2.92. The third kappa shape index (κ3) is 4.86. The van der Waals surface area contributed by atoms with E-state index in [1.807, 2.05) is 0 Å². The lowest BCUT2D eigenvalue weighted by Gasteiger charge is -2.16. The number of amides is 1. The van der Waals surface area contributed by atoms with Crippen molar-refractivity contribution in [3.05, 3.63) is 35.9 Å². The van der Waals surface area contributed by atoms with Crippen LogP contribution in [0, 0.1) is 11.7 Å². The zero-order chi connectivity index (χ0) is 18.4. The molecule has 1 aromatic carbocycles. The number of hydrogen-bond acceptors (Lipinski definition) is 6. The molecule has 2 heterocycles. The third-order valence-electron chi connectivity index (χ3n) is 4.33. The largest absolute Gasteiger partial charge is 0.382 e. The van der Waals surface area contributed by atoms with Crippen LogP contribution in [-0.2, 0) is 20.7 Å². The number of carbonyl (C=O) groups is 1. The van der Waals surface area contributed by atoms with Crippen molar-refractivity contribution >= 4 is 5.91 Å². The highest BCUT2D eigenvalue weighted by atomic mass is 19.1. The molecular formula is C18H22FN3O4. The van der Waals surface area contributed by atoms with Gasteiger partial charge in [-0.05, 0) is 36.6 Å². The van der Waals surface area contributed by atoms with E-state index < -0.39 is 0 Å². The lowest BCUT2D eigenvalue weighted by Crippen LogP contribution is -2.32. The van der Waals surface area contributed by atoms with E-state index in [9.17, 15) is 9.18 Å². The first kappa shape index (κ1) is 18.5. The molecule has 7 nitrogen and oxygen atoms in total. The first-order valence-electron chi connectivity index (χ1n) is 8.58. The van der Waals surface area contributed by atoms with Crippen LogP contribution < -0.4 is 0 Å². The fraction of sp³-hybridized carbons (Fsp3) is 0.500. The molecule has 8 heteroatoms. The first-order chi connectivity index (χ1) is 12.7. The van der Waals surface area contributed by atoms with Gasteiger partial charge in [0.05, 0.1) is 13.2 Å². The van der Waals surface area contributed by atoms with E-state index in [-0.39, 0.29) is 24.2 Å². The Balaban J connectivity index is 1.48. The normalized spacial score (nSPS) is 17.0. The standard InChI is InChI=1S/C18H22FN3O4/c1-24-8-9-25-12-17(23)22-7-6-13(11-22)10-16-20-18(26-21-16)14-2-4-15(19)5-3-14/h2-5,13H,6-12H2,1H3. The highest BCUT2D eigenvalue weighted by Crippen LogP contribution is 2.22. The predicted octanol–water partition coefficient (Wildman–Crippen LogP) is 1.93. The third-order valence-corrected chi connectivity index (χ3v) is 4.33. The predicted molar refractivity (Wildman–Crippen MR) is 90.8 cm³/mol. The second kappa shape index (κ2) is 8.86. The van der Waals surface area contributed by atoms with Gasteiger partial charge in [0.1, 0.15) is 12.4 Å². The lowest BCUT2D eigenvalue weighted by atomic mass is 10.1. The molecule has 0 bridgehead atoms. The van der Waals surface area contributed by atoms with Crippen LogP contribution in [0.15, 0.2) is 28.8 Å². The molecule has 1 fully saturated rings. The van der Waals surface area contributed by atoms with Gasteiger partial charge in [-0.25, -0.2) is 4.39 Å². The molecule has 0 radical (unpaired) electrons. The number of benzene rings is 1. The van der Waals surface area contributed by atoms with Gasteiger partial charge in [-0.1, -0.05) is 5.16 Å². The van der Waals surface area contributed by atoms with Crippen LogP contribution in [-0.4, -0.2) is 61.0 Å². The van der Waals surface area contributed by atoms with Crippen LogP contribution >= 0.6 is 0 Å². The van der Waals surface area contributed by atoms with Gasteiger partial charge in [-0.2, -0.15) is 4.98 Å². The second-order valence-corrected chi connectivity index (χ2v) is 6.27. The van der Waals surface area contributed by atoms with Gasteiger partial charge in [0, 0.05) is 32.2 Å². The van der Waals surface area contributed by atoms with E-state index in [0.717, 1.165) is 6.42 Å². The molecule has 0 saturated carbocycles. The van der Waals surface area contributed by atoms with Gasteiger partial charge in [0.25, 0.3) is 5.89 Å². The summed E-state index contributed by atoms with van der Waals surface area (Å²) >= 11 is 0. The first-order valence-corrected chi connectivity index (χ1v) is 8.58. The Labute approximate surface area is 151 Å². The van der Waals surface area contributed by atoms with Gasteiger partial charge < -0.3 is 18.9 Å². The molecule has 3 rings (SSSR count). The van der Waals surface area contributed by atoms with E-state index in [0.29, 0.717) is 50.0 Å². The van der Waals surface area contributed by atoms with Crippen LogP contribution in [0.5, 0.6) is 0 Å². The fourth-order valence-corrected chi connectivity index (χ4v) is 2.92. The molecule has 140 valence electrons. The summed E-state index contributed by atoms with van der Waals surface area (Å²) in [5, 5.41) is 4.00. The van der Waals surface area contributed by atoms with Gasteiger partial charge in [-0.3, -0.25) is 4.79 Å². The van der Waals surface area contributed by atoms with E-state index in [1.165, 1.54) is 12.1 Å². The molecule has 0 N–H and O–H groups in total. The summed E-state index contributed by atoms with van der Waals surface area (Å²) in [6.45, 7) is 2.33. The molecular weight excluding hydrogens is 341 g/mol. The summed E-state index contributed by atoms with van der Waals surface area (Å²) in [5.41, 5.74) is 0.682. The van der Waals surface area contributed by atoms with Crippen LogP contribution in [0.3, 0.4) is 0 Å². The summed E-state index contributed by atoms with van der Waals surface area (Å²) in [6.07, 6.45) is 1.53. The Morgan fingerprint density at radius 3 is 2.92 bits per heavy atom. The number of nitrogens with zero attached hydrogens (tertiary/aromatic N) is 3. The lowest BCUT2D eigenvalue weighted by molar-refractivity contribution is -0.135. The maximum Gasteiger partial charge on any atom is 0.257 e. The minimum atomic E-state index is -0.310. The molecule has 0 aliphatic carbocycles. The summed E-state index contributed by atoms with van der Waals surface area (Å²) < 4.78 is 28.4. The Morgan fingerprint density at radius 2 is 2.15 bits per heavy atom. The number of ether oxygens (including phenoxy) is 2. The highest BCUT2D eigenvalue weighted by Gasteiger charge is 2.27. The molecule has 1 unspecified atom stereocenters. The molecule has 1 atom stereocenters. The van der Waals surface area contributed by atoms with Crippen molar-refractivity contribution in [2.75, 3.05) is 40.0 Å². The Morgan fingerprint density at radius 1 is 1.35 bits per heavy atom. The zero-order valence-electron chi connectivity index (χ0n) is 14.7. The molecule has 1 aromatic heterocycles. The van der Waals surface area contributed by atoms with Gasteiger partial charge >= 0.3 is 0 Å². The number of carbonyl (C=O) groups excluding carboxylic acids is 1. The summed E-state index contributed by atoms with van der Waals surface area (Å²) in [4.78, 5) is 18.3. The molecule has 1 saturated heterocycles. The number of hydrogen-bond donors (Lipinski definition) is 0. The number of aromatic nitrogens is 2. The van der Waals surface area contributed by atoms with Crippen LogP contribution in [0.1, 0.15) is 12.2 Å². The molecule has 0 spiro atoms. The average molecular weight is 363 g/mol. The number of rotatable bonds is 8. The summed E-state index contributed by atoms with van der Waals surface area (Å²) in [5.74, 6) is 0.938. The number of halogens is 1. The monoisotopic (exact) mass is 363 g/mol.